The molecule has 0 spiro atoms. The maximum atomic E-state index is 10.3. The van der Waals surface area contributed by atoms with Crippen LogP contribution in [0.25, 0.3) is 0 Å². The molecule has 5 N–H and O–H groups in total. The Balaban J connectivity index is 0. The number of carbonyl (C=O) groups is 3. The SMILES string of the molecule is CCCCCCCCCCCCCCCCCC(=O)O.O=C(O)C(O)C(O)C(=O)O. The summed E-state index contributed by atoms with van der Waals surface area (Å²) in [5.74, 6) is -4.19. The van der Waals surface area contributed by atoms with E-state index in [4.69, 9.17) is 25.5 Å². The molecule has 0 radical (unpaired) electrons. The topological polar surface area (TPSA) is 152 Å². The summed E-state index contributed by atoms with van der Waals surface area (Å²) in [5.41, 5.74) is 0. The van der Waals surface area contributed by atoms with E-state index in [0.717, 1.165) is 12.8 Å². The largest absolute Gasteiger partial charge is 0.481 e. The van der Waals surface area contributed by atoms with Crippen molar-refractivity contribution in [1.29, 1.82) is 0 Å². The summed E-state index contributed by atoms with van der Waals surface area (Å²) >= 11 is 0. The van der Waals surface area contributed by atoms with Gasteiger partial charge in [-0.05, 0) is 6.42 Å². The summed E-state index contributed by atoms with van der Waals surface area (Å²) < 4.78 is 0. The van der Waals surface area contributed by atoms with Gasteiger partial charge in [-0.3, -0.25) is 4.79 Å². The highest BCUT2D eigenvalue weighted by molar-refractivity contribution is 5.83. The Bertz CT molecular complexity index is 421. The second-order valence-corrected chi connectivity index (χ2v) is 7.66. The van der Waals surface area contributed by atoms with Crippen molar-refractivity contribution >= 4 is 17.9 Å². The monoisotopic (exact) mass is 434 g/mol. The van der Waals surface area contributed by atoms with E-state index in [1.54, 1.807) is 0 Å². The average molecular weight is 435 g/mol. The Morgan fingerprint density at radius 2 is 0.800 bits per heavy atom. The lowest BCUT2D eigenvalue weighted by molar-refractivity contribution is -0.165. The predicted octanol–water partition coefficient (Wildman–Crippen LogP) is 4.21. The second-order valence-electron chi connectivity index (χ2n) is 7.66. The number of aliphatic carboxylic acids is 3. The van der Waals surface area contributed by atoms with Crippen LogP contribution in [0, 0.1) is 0 Å². The van der Waals surface area contributed by atoms with E-state index in [-0.39, 0.29) is 0 Å². The van der Waals surface area contributed by atoms with Crippen LogP contribution in [-0.4, -0.2) is 55.6 Å². The fourth-order valence-electron chi connectivity index (χ4n) is 2.92. The third-order valence-electron chi connectivity index (χ3n) is 4.80. The number of unbranched alkanes of at least 4 members (excludes halogenated alkanes) is 14. The van der Waals surface area contributed by atoms with Gasteiger partial charge in [-0.2, -0.15) is 0 Å². The van der Waals surface area contributed by atoms with Gasteiger partial charge in [-0.1, -0.05) is 96.8 Å². The van der Waals surface area contributed by atoms with Crippen molar-refractivity contribution in [2.45, 2.75) is 122 Å². The molecule has 178 valence electrons. The zero-order valence-corrected chi connectivity index (χ0v) is 18.4. The van der Waals surface area contributed by atoms with E-state index in [9.17, 15) is 14.4 Å². The molecular formula is C22H42O8. The molecule has 2 atom stereocenters. The lowest BCUT2D eigenvalue weighted by atomic mass is 10.0. The van der Waals surface area contributed by atoms with E-state index in [2.05, 4.69) is 6.92 Å². The number of rotatable bonds is 19. The van der Waals surface area contributed by atoms with Gasteiger partial charge in [0, 0.05) is 6.42 Å². The molecule has 0 rings (SSSR count). The van der Waals surface area contributed by atoms with Crippen LogP contribution < -0.4 is 0 Å². The van der Waals surface area contributed by atoms with Crippen molar-refractivity contribution in [3.63, 3.8) is 0 Å². The number of hydrogen-bond acceptors (Lipinski definition) is 5. The van der Waals surface area contributed by atoms with Gasteiger partial charge in [-0.25, -0.2) is 9.59 Å². The molecule has 2 unspecified atom stereocenters. The Hall–Kier alpha value is -1.67. The fourth-order valence-corrected chi connectivity index (χ4v) is 2.92. The standard InChI is InChI=1S/C18H36O2.C4H6O6/c1-2-3-4-5-6-7-8-9-10-11-12-13-14-15-16-17-18(19)20;5-1(3(7)8)2(6)4(9)10/h2-17H2,1H3,(H,19,20);1-2,5-6H,(H,7,8)(H,9,10). The molecule has 0 aromatic rings. The van der Waals surface area contributed by atoms with Gasteiger partial charge < -0.3 is 25.5 Å². The Kier molecular flexibility index (Phi) is 22.4. The minimum absolute atomic E-state index is 0.345. The van der Waals surface area contributed by atoms with Crippen LogP contribution in [0.4, 0.5) is 0 Å². The molecule has 0 aromatic carbocycles. The summed E-state index contributed by atoms with van der Waals surface area (Å²) in [6, 6.07) is 0. The van der Waals surface area contributed by atoms with Crippen LogP contribution >= 0.6 is 0 Å². The molecule has 0 fully saturated rings. The minimum Gasteiger partial charge on any atom is -0.481 e. The van der Waals surface area contributed by atoms with E-state index in [1.165, 1.54) is 83.5 Å². The van der Waals surface area contributed by atoms with Gasteiger partial charge in [-0.15, -0.1) is 0 Å². The number of carboxylic acid groups (broad SMARTS) is 3. The molecular weight excluding hydrogens is 392 g/mol. The molecule has 0 bridgehead atoms. The van der Waals surface area contributed by atoms with E-state index >= 15 is 0 Å². The van der Waals surface area contributed by atoms with Crippen LogP contribution in [-0.2, 0) is 14.4 Å². The molecule has 0 aromatic heterocycles. The van der Waals surface area contributed by atoms with Crippen molar-refractivity contribution < 1.29 is 39.9 Å². The fraction of sp³-hybridized carbons (Fsp3) is 0.864. The highest BCUT2D eigenvalue weighted by Crippen LogP contribution is 2.13. The number of hydrogen-bond donors (Lipinski definition) is 5. The first-order valence-corrected chi connectivity index (χ1v) is 11.3. The zero-order chi connectivity index (χ0) is 23.2. The number of aliphatic hydroxyl groups is 2. The summed E-state index contributed by atoms with van der Waals surface area (Å²) in [6.07, 6.45) is 15.7. The second kappa shape index (κ2) is 22.0. The van der Waals surface area contributed by atoms with E-state index < -0.39 is 30.1 Å². The summed E-state index contributed by atoms with van der Waals surface area (Å²) in [7, 11) is 0. The van der Waals surface area contributed by atoms with E-state index in [0.29, 0.717) is 6.42 Å². The third kappa shape index (κ3) is 22.6. The zero-order valence-electron chi connectivity index (χ0n) is 18.4. The Morgan fingerprint density at radius 3 is 1.03 bits per heavy atom. The van der Waals surface area contributed by atoms with Gasteiger partial charge >= 0.3 is 17.9 Å². The number of carboxylic acids is 3. The molecule has 0 aliphatic carbocycles. The minimum atomic E-state index is -2.27. The third-order valence-corrected chi connectivity index (χ3v) is 4.80. The van der Waals surface area contributed by atoms with Crippen molar-refractivity contribution in [1.82, 2.24) is 0 Å². The van der Waals surface area contributed by atoms with Crippen LogP contribution in [0.5, 0.6) is 0 Å². The van der Waals surface area contributed by atoms with Crippen LogP contribution in [0.2, 0.25) is 0 Å². The van der Waals surface area contributed by atoms with Gasteiger partial charge in [0.1, 0.15) is 0 Å². The number of aliphatic hydroxyl groups excluding tert-OH is 2. The molecule has 0 saturated heterocycles. The average Bonchev–Trinajstić information content (AvgIpc) is 2.69. The summed E-state index contributed by atoms with van der Waals surface area (Å²) in [6.45, 7) is 2.27. The maximum absolute atomic E-state index is 10.3. The lowest BCUT2D eigenvalue weighted by Crippen LogP contribution is -2.39. The predicted molar refractivity (Wildman–Crippen MR) is 114 cm³/mol. The van der Waals surface area contributed by atoms with Crippen molar-refractivity contribution in [2.24, 2.45) is 0 Å². The smallest absolute Gasteiger partial charge is 0.335 e. The first kappa shape index (κ1) is 30.5. The van der Waals surface area contributed by atoms with Crippen molar-refractivity contribution in [2.75, 3.05) is 0 Å². The summed E-state index contributed by atoms with van der Waals surface area (Å²) in [5, 5.41) is 41.0. The van der Waals surface area contributed by atoms with E-state index in [1.807, 2.05) is 0 Å². The first-order chi connectivity index (χ1) is 14.2. The molecule has 30 heavy (non-hydrogen) atoms. The van der Waals surface area contributed by atoms with Crippen LogP contribution in [0.15, 0.2) is 0 Å². The van der Waals surface area contributed by atoms with Crippen molar-refractivity contribution in [3.05, 3.63) is 0 Å². The van der Waals surface area contributed by atoms with Gasteiger partial charge in [0.15, 0.2) is 12.2 Å². The summed E-state index contributed by atoms with van der Waals surface area (Å²) in [4.78, 5) is 29.9. The molecule has 0 amide bonds. The quantitative estimate of drug-likeness (QED) is 0.190. The highest BCUT2D eigenvalue weighted by atomic mass is 16.4. The first-order valence-electron chi connectivity index (χ1n) is 11.3. The maximum Gasteiger partial charge on any atom is 0.335 e. The van der Waals surface area contributed by atoms with Crippen molar-refractivity contribution in [3.8, 4) is 0 Å². The molecule has 0 aliphatic rings. The molecule has 8 nitrogen and oxygen atoms in total. The normalized spacial score (nSPS) is 12.5. The molecule has 0 aliphatic heterocycles. The lowest BCUT2D eigenvalue weighted by Gasteiger charge is -2.07. The highest BCUT2D eigenvalue weighted by Gasteiger charge is 2.29. The van der Waals surface area contributed by atoms with Crippen LogP contribution in [0.3, 0.4) is 0 Å². The van der Waals surface area contributed by atoms with Gasteiger partial charge in [0.05, 0.1) is 0 Å². The van der Waals surface area contributed by atoms with Crippen LogP contribution in [0.1, 0.15) is 110 Å². The molecule has 0 saturated carbocycles. The Labute approximate surface area is 180 Å². The van der Waals surface area contributed by atoms with Gasteiger partial charge in [0.25, 0.3) is 0 Å². The Morgan fingerprint density at radius 1 is 0.533 bits per heavy atom. The molecule has 8 heteroatoms. The molecule has 0 heterocycles. The van der Waals surface area contributed by atoms with Gasteiger partial charge in [0.2, 0.25) is 0 Å².